The van der Waals surface area contributed by atoms with Gasteiger partial charge in [0.25, 0.3) is 0 Å². The molecule has 1 aliphatic heterocycles. The quantitative estimate of drug-likeness (QED) is 0.710. The molecule has 122 valence electrons. The molecule has 4 heterocycles. The zero-order valence-electron chi connectivity index (χ0n) is 13.2. The van der Waals surface area contributed by atoms with Crippen LogP contribution >= 0.6 is 23.6 Å². The molecule has 1 aliphatic rings. The molecule has 4 rings (SSSR count). The summed E-state index contributed by atoms with van der Waals surface area (Å²) >= 11 is 7.43. The van der Waals surface area contributed by atoms with Gasteiger partial charge < -0.3 is 14.6 Å². The molecule has 0 spiro atoms. The van der Waals surface area contributed by atoms with Crippen molar-refractivity contribution in [3.63, 3.8) is 0 Å². The van der Waals surface area contributed by atoms with Crippen molar-refractivity contribution in [1.29, 1.82) is 0 Å². The second kappa shape index (κ2) is 6.37. The Hall–Kier alpha value is -2.18. The zero-order chi connectivity index (χ0) is 16.5. The number of furan rings is 1. The minimum Gasteiger partial charge on any atom is -0.467 e. The number of pyridine rings is 1. The fraction of sp³-hybridized carbons (Fsp3) is 0.222. The molecule has 1 saturated heterocycles. The van der Waals surface area contributed by atoms with E-state index < -0.39 is 0 Å². The smallest absolute Gasteiger partial charge is 0.170 e. The van der Waals surface area contributed by atoms with E-state index in [4.69, 9.17) is 16.6 Å². The van der Waals surface area contributed by atoms with Crippen LogP contribution in [0.3, 0.4) is 0 Å². The summed E-state index contributed by atoms with van der Waals surface area (Å²) in [6.45, 7) is 2.77. The summed E-state index contributed by atoms with van der Waals surface area (Å²) in [5.74, 6) is 0.902. The van der Waals surface area contributed by atoms with Crippen LogP contribution in [-0.2, 0) is 6.54 Å². The maximum atomic E-state index is 5.62. The van der Waals surface area contributed by atoms with Crippen molar-refractivity contribution >= 4 is 28.7 Å². The molecule has 0 saturated carbocycles. The first-order chi connectivity index (χ1) is 11.7. The first kappa shape index (κ1) is 15.4. The van der Waals surface area contributed by atoms with Gasteiger partial charge in [-0.1, -0.05) is 6.07 Å². The lowest BCUT2D eigenvalue weighted by molar-refractivity contribution is 0.291. The van der Waals surface area contributed by atoms with E-state index >= 15 is 0 Å². The maximum absolute atomic E-state index is 5.62. The molecule has 3 aromatic heterocycles. The second-order valence-electron chi connectivity index (χ2n) is 5.78. The lowest BCUT2D eigenvalue weighted by atomic mass is 10.0. The fourth-order valence-corrected chi connectivity index (χ4v) is 4.40. The van der Waals surface area contributed by atoms with Gasteiger partial charge in [-0.05, 0) is 55.5 Å². The molecular formula is C18H17N3OS2. The zero-order valence-corrected chi connectivity index (χ0v) is 14.8. The average molecular weight is 355 g/mol. The molecule has 0 radical (unpaired) electrons. The lowest BCUT2D eigenvalue weighted by Gasteiger charge is -2.26. The number of nitrogens with zero attached hydrogens (tertiary/aromatic N) is 2. The minimum atomic E-state index is 0.0340. The summed E-state index contributed by atoms with van der Waals surface area (Å²) < 4.78 is 5.53. The summed E-state index contributed by atoms with van der Waals surface area (Å²) in [4.78, 5) is 9.31. The van der Waals surface area contributed by atoms with E-state index in [0.717, 1.165) is 16.6 Å². The van der Waals surface area contributed by atoms with E-state index in [1.54, 1.807) is 17.6 Å². The predicted octanol–water partition coefficient (Wildman–Crippen LogP) is 4.22. The van der Waals surface area contributed by atoms with Crippen molar-refractivity contribution in [2.45, 2.75) is 25.6 Å². The highest BCUT2D eigenvalue weighted by atomic mass is 32.1. The van der Waals surface area contributed by atoms with Gasteiger partial charge in [-0.25, -0.2) is 0 Å². The highest BCUT2D eigenvalue weighted by Crippen LogP contribution is 2.41. The maximum Gasteiger partial charge on any atom is 0.170 e. The summed E-state index contributed by atoms with van der Waals surface area (Å²) in [5.41, 5.74) is 0.998. The molecular weight excluding hydrogens is 338 g/mol. The van der Waals surface area contributed by atoms with Crippen molar-refractivity contribution in [2.24, 2.45) is 0 Å². The summed E-state index contributed by atoms with van der Waals surface area (Å²) in [5, 5.41) is 4.18. The van der Waals surface area contributed by atoms with Crippen LogP contribution in [0.15, 0.2) is 59.3 Å². The van der Waals surface area contributed by atoms with Crippen LogP contribution in [-0.4, -0.2) is 15.0 Å². The fourth-order valence-electron chi connectivity index (χ4n) is 3.07. The molecule has 0 bridgehead atoms. The Morgan fingerprint density at radius 2 is 2.17 bits per heavy atom. The molecule has 0 aliphatic carbocycles. The highest BCUT2D eigenvalue weighted by molar-refractivity contribution is 7.80. The Labute approximate surface area is 150 Å². The van der Waals surface area contributed by atoms with Crippen LogP contribution < -0.4 is 5.32 Å². The molecule has 0 unspecified atom stereocenters. The van der Waals surface area contributed by atoms with Gasteiger partial charge in [0.1, 0.15) is 5.76 Å². The van der Waals surface area contributed by atoms with Gasteiger partial charge in [0.15, 0.2) is 5.11 Å². The van der Waals surface area contributed by atoms with Crippen molar-refractivity contribution < 1.29 is 4.42 Å². The molecule has 3 aromatic rings. The van der Waals surface area contributed by atoms with Crippen LogP contribution in [0, 0.1) is 6.92 Å². The number of aromatic nitrogens is 1. The normalized spacial score (nSPS) is 20.4. The van der Waals surface area contributed by atoms with Crippen molar-refractivity contribution in [3.8, 4) is 0 Å². The van der Waals surface area contributed by atoms with E-state index in [1.807, 2.05) is 36.5 Å². The van der Waals surface area contributed by atoms with Crippen molar-refractivity contribution in [1.82, 2.24) is 15.2 Å². The summed E-state index contributed by atoms with van der Waals surface area (Å²) in [7, 11) is 0. The van der Waals surface area contributed by atoms with E-state index in [9.17, 15) is 0 Å². The first-order valence-electron chi connectivity index (χ1n) is 7.79. The van der Waals surface area contributed by atoms with Gasteiger partial charge in [0.05, 0.1) is 30.6 Å². The number of hydrogen-bond donors (Lipinski definition) is 1. The van der Waals surface area contributed by atoms with Gasteiger partial charge in [-0.15, -0.1) is 11.3 Å². The molecule has 0 aromatic carbocycles. The number of aryl methyl sites for hydroxylation is 1. The van der Waals surface area contributed by atoms with Gasteiger partial charge in [0.2, 0.25) is 0 Å². The summed E-state index contributed by atoms with van der Waals surface area (Å²) in [6, 6.07) is 14.4. The largest absolute Gasteiger partial charge is 0.467 e. The van der Waals surface area contributed by atoms with Gasteiger partial charge in [0, 0.05) is 16.0 Å². The Bertz CT molecular complexity index is 829. The Kier molecular flexibility index (Phi) is 4.08. The number of thiophene rings is 1. The second-order valence-corrected chi connectivity index (χ2v) is 7.49. The van der Waals surface area contributed by atoms with Crippen molar-refractivity contribution in [2.75, 3.05) is 0 Å². The summed E-state index contributed by atoms with van der Waals surface area (Å²) in [6.07, 6.45) is 3.52. The van der Waals surface area contributed by atoms with Crippen LogP contribution in [0.5, 0.6) is 0 Å². The standard InChI is InChI=1S/C18H17N3OS2/c1-12-7-8-15(24-12)17-16(14-6-2-3-9-19-14)20-18(23)21(17)11-13-5-4-10-22-13/h2-10,16-17H,11H2,1H3,(H,20,23)/t16-,17-/m0/s1. The van der Waals surface area contributed by atoms with Crippen LogP contribution in [0.2, 0.25) is 0 Å². The lowest BCUT2D eigenvalue weighted by Crippen LogP contribution is -2.28. The van der Waals surface area contributed by atoms with Crippen molar-refractivity contribution in [3.05, 3.63) is 76.1 Å². The molecule has 24 heavy (non-hydrogen) atoms. The Morgan fingerprint density at radius 3 is 2.83 bits per heavy atom. The minimum absolute atomic E-state index is 0.0340. The van der Waals surface area contributed by atoms with Gasteiger partial charge >= 0.3 is 0 Å². The Morgan fingerprint density at radius 1 is 1.25 bits per heavy atom. The SMILES string of the molecule is Cc1ccc([C@H]2[C@H](c3ccccn3)NC(=S)N2Cc2ccco2)s1. The van der Waals surface area contributed by atoms with Crippen LogP contribution in [0.25, 0.3) is 0 Å². The molecule has 0 amide bonds. The van der Waals surface area contributed by atoms with E-state index in [0.29, 0.717) is 6.54 Å². The van der Waals surface area contributed by atoms with E-state index in [2.05, 4.69) is 34.3 Å². The number of hydrogen-bond acceptors (Lipinski definition) is 4. The first-order valence-corrected chi connectivity index (χ1v) is 9.01. The third kappa shape index (κ3) is 2.83. The van der Waals surface area contributed by atoms with Crippen LogP contribution in [0.1, 0.15) is 33.3 Å². The van der Waals surface area contributed by atoms with E-state index in [-0.39, 0.29) is 12.1 Å². The third-order valence-corrected chi connectivity index (χ3v) is 5.58. The van der Waals surface area contributed by atoms with Gasteiger partial charge in [-0.2, -0.15) is 0 Å². The third-order valence-electron chi connectivity index (χ3n) is 4.16. The predicted molar refractivity (Wildman–Crippen MR) is 98.8 cm³/mol. The Balaban J connectivity index is 1.73. The number of thiocarbonyl (C=S) groups is 1. The topological polar surface area (TPSA) is 41.3 Å². The molecule has 1 fully saturated rings. The van der Waals surface area contributed by atoms with E-state index in [1.165, 1.54) is 9.75 Å². The van der Waals surface area contributed by atoms with Crippen LogP contribution in [0.4, 0.5) is 0 Å². The molecule has 2 atom stereocenters. The van der Waals surface area contributed by atoms with Gasteiger partial charge in [-0.3, -0.25) is 4.98 Å². The molecule has 4 nitrogen and oxygen atoms in total. The number of nitrogens with one attached hydrogen (secondary N) is 1. The molecule has 1 N–H and O–H groups in total. The monoisotopic (exact) mass is 355 g/mol. The molecule has 6 heteroatoms. The number of rotatable bonds is 4. The average Bonchev–Trinajstić information content (AvgIpc) is 3.31. The highest BCUT2D eigenvalue weighted by Gasteiger charge is 2.40.